The van der Waals surface area contributed by atoms with Crippen molar-refractivity contribution in [1.29, 1.82) is 0 Å². The van der Waals surface area contributed by atoms with E-state index in [0.717, 1.165) is 31.3 Å². The Hall–Kier alpha value is -0.160. The van der Waals surface area contributed by atoms with Crippen LogP contribution in [0.4, 0.5) is 10.2 Å². The molecule has 2 nitrogen and oxygen atoms in total. The zero-order valence-electron chi connectivity index (χ0n) is 9.22. The number of alkyl halides is 1. The summed E-state index contributed by atoms with van der Waals surface area (Å²) in [5, 5.41) is 0.813. The summed E-state index contributed by atoms with van der Waals surface area (Å²) in [6.07, 6.45) is 3.77. The molecule has 90 valence electrons. The highest BCUT2D eigenvalue weighted by atomic mass is 79.9. The zero-order valence-corrected chi connectivity index (χ0v) is 12.4. The number of hydrogen-bond donors (Lipinski definition) is 0. The molecule has 0 N–H and O–H groups in total. The third-order valence-electron chi connectivity index (χ3n) is 2.22. The van der Waals surface area contributed by atoms with Gasteiger partial charge >= 0.3 is 0 Å². The van der Waals surface area contributed by atoms with Crippen LogP contribution in [0.5, 0.6) is 0 Å². The van der Waals surface area contributed by atoms with Gasteiger partial charge in [-0.1, -0.05) is 29.3 Å². The summed E-state index contributed by atoms with van der Waals surface area (Å²) in [5.41, 5.74) is 0. The van der Waals surface area contributed by atoms with Gasteiger partial charge in [-0.3, -0.25) is 0 Å². The van der Waals surface area contributed by atoms with Crippen LogP contribution >= 0.6 is 31.9 Å². The zero-order chi connectivity index (χ0) is 12.0. The minimum atomic E-state index is -0.272. The van der Waals surface area contributed by atoms with Crippen LogP contribution in [0.2, 0.25) is 0 Å². The molecular formula is C11H15Br2FN2. The van der Waals surface area contributed by atoms with Crippen LogP contribution in [0.15, 0.2) is 16.7 Å². The first kappa shape index (κ1) is 13.9. The number of halogens is 3. The highest BCUT2D eigenvalue weighted by molar-refractivity contribution is 9.10. The lowest BCUT2D eigenvalue weighted by atomic mass is 10.3. The molecule has 0 aliphatic carbocycles. The van der Waals surface area contributed by atoms with Gasteiger partial charge in [-0.05, 0) is 28.4 Å². The minimum absolute atomic E-state index is 0.272. The van der Waals surface area contributed by atoms with Crippen molar-refractivity contribution in [2.24, 2.45) is 0 Å². The van der Waals surface area contributed by atoms with Crippen molar-refractivity contribution in [3.63, 3.8) is 0 Å². The van der Waals surface area contributed by atoms with E-state index in [0.29, 0.717) is 10.3 Å². The summed E-state index contributed by atoms with van der Waals surface area (Å²) in [6.45, 7) is 3.73. The maximum absolute atomic E-state index is 13.7. The molecule has 1 aromatic rings. The van der Waals surface area contributed by atoms with E-state index >= 15 is 0 Å². The first-order chi connectivity index (χ1) is 7.69. The van der Waals surface area contributed by atoms with E-state index in [1.807, 2.05) is 4.90 Å². The van der Waals surface area contributed by atoms with Gasteiger partial charge in [0, 0.05) is 29.1 Å². The molecule has 0 aliphatic heterocycles. The van der Waals surface area contributed by atoms with Crippen molar-refractivity contribution in [1.82, 2.24) is 4.98 Å². The Labute approximate surface area is 113 Å². The molecule has 0 fully saturated rings. The van der Waals surface area contributed by atoms with E-state index in [1.165, 1.54) is 6.07 Å². The number of aromatic nitrogens is 1. The summed E-state index contributed by atoms with van der Waals surface area (Å²) >= 11 is 6.58. The van der Waals surface area contributed by atoms with Gasteiger partial charge in [0.25, 0.3) is 0 Å². The van der Waals surface area contributed by atoms with Crippen LogP contribution in [0.3, 0.4) is 0 Å². The van der Waals surface area contributed by atoms with Gasteiger partial charge in [0.1, 0.15) is 0 Å². The van der Waals surface area contributed by atoms with Gasteiger partial charge in [0.15, 0.2) is 11.6 Å². The molecule has 0 spiro atoms. The predicted molar refractivity (Wildman–Crippen MR) is 72.8 cm³/mol. The average Bonchev–Trinajstić information content (AvgIpc) is 2.25. The molecule has 0 radical (unpaired) electrons. The quantitative estimate of drug-likeness (QED) is 0.719. The molecule has 1 rings (SSSR count). The highest BCUT2D eigenvalue weighted by Gasteiger charge is 2.12. The van der Waals surface area contributed by atoms with Gasteiger partial charge in [0.2, 0.25) is 0 Å². The molecule has 0 aliphatic rings. The third-order valence-corrected chi connectivity index (χ3v) is 3.01. The van der Waals surface area contributed by atoms with Gasteiger partial charge in [0.05, 0.1) is 0 Å². The molecule has 0 saturated carbocycles. The van der Waals surface area contributed by atoms with Crippen LogP contribution in [0.1, 0.15) is 19.8 Å². The molecule has 0 unspecified atom stereocenters. The molecule has 0 atom stereocenters. The third kappa shape index (κ3) is 4.01. The van der Waals surface area contributed by atoms with Crippen molar-refractivity contribution < 1.29 is 4.39 Å². The van der Waals surface area contributed by atoms with E-state index < -0.39 is 0 Å². The lowest BCUT2D eigenvalue weighted by Gasteiger charge is -2.22. The molecule has 1 heterocycles. The Morgan fingerprint density at radius 1 is 1.44 bits per heavy atom. The Morgan fingerprint density at radius 2 is 2.19 bits per heavy atom. The number of pyridine rings is 1. The van der Waals surface area contributed by atoms with Crippen molar-refractivity contribution in [3.05, 3.63) is 22.6 Å². The van der Waals surface area contributed by atoms with Crippen LogP contribution in [-0.2, 0) is 0 Å². The van der Waals surface area contributed by atoms with Crippen LogP contribution in [-0.4, -0.2) is 23.4 Å². The second-order valence-corrected chi connectivity index (χ2v) is 5.20. The van der Waals surface area contributed by atoms with E-state index in [2.05, 4.69) is 43.8 Å². The molecule has 1 aromatic heterocycles. The van der Waals surface area contributed by atoms with Crippen LogP contribution in [0, 0.1) is 5.82 Å². The topological polar surface area (TPSA) is 16.1 Å². The molecule has 5 heteroatoms. The van der Waals surface area contributed by atoms with Crippen molar-refractivity contribution in [3.8, 4) is 0 Å². The Kier molecular flexibility index (Phi) is 6.28. The fourth-order valence-electron chi connectivity index (χ4n) is 1.41. The van der Waals surface area contributed by atoms with E-state index in [-0.39, 0.29) is 5.82 Å². The number of anilines is 1. The Bertz CT molecular complexity index is 334. The van der Waals surface area contributed by atoms with Gasteiger partial charge in [-0.25, -0.2) is 9.37 Å². The lowest BCUT2D eigenvalue weighted by molar-refractivity contribution is 0.605. The average molecular weight is 354 g/mol. The van der Waals surface area contributed by atoms with Crippen LogP contribution < -0.4 is 4.90 Å². The highest BCUT2D eigenvalue weighted by Crippen LogP contribution is 2.20. The van der Waals surface area contributed by atoms with Crippen molar-refractivity contribution >= 4 is 37.7 Å². The minimum Gasteiger partial charge on any atom is -0.353 e. The SMILES string of the molecule is CCCCN(CCBr)c1ncc(Br)cc1F. The van der Waals surface area contributed by atoms with Gasteiger partial charge in [-0.2, -0.15) is 0 Å². The first-order valence-electron chi connectivity index (χ1n) is 5.31. The number of hydrogen-bond acceptors (Lipinski definition) is 2. The molecule has 0 aromatic carbocycles. The standard InChI is InChI=1S/C11H15Br2FN2/c1-2-3-5-16(6-4-12)11-10(14)7-9(13)8-15-11/h7-8H,2-6H2,1H3. The van der Waals surface area contributed by atoms with Gasteiger partial charge in [-0.15, -0.1) is 0 Å². The predicted octanol–water partition coefficient (Wildman–Crippen LogP) is 3.98. The number of nitrogens with zero attached hydrogens (tertiary/aromatic N) is 2. The van der Waals surface area contributed by atoms with Gasteiger partial charge < -0.3 is 4.90 Å². The van der Waals surface area contributed by atoms with E-state index in [9.17, 15) is 4.39 Å². The normalized spacial score (nSPS) is 10.5. The second kappa shape index (κ2) is 7.22. The fraction of sp³-hybridized carbons (Fsp3) is 0.545. The first-order valence-corrected chi connectivity index (χ1v) is 7.22. The fourth-order valence-corrected chi connectivity index (χ4v) is 2.15. The molecule has 0 saturated heterocycles. The smallest absolute Gasteiger partial charge is 0.166 e. The Balaban J connectivity index is 2.82. The van der Waals surface area contributed by atoms with Crippen LogP contribution in [0.25, 0.3) is 0 Å². The number of unbranched alkanes of at least 4 members (excludes halogenated alkanes) is 1. The Morgan fingerprint density at radius 3 is 2.75 bits per heavy atom. The van der Waals surface area contributed by atoms with E-state index in [4.69, 9.17) is 0 Å². The summed E-state index contributed by atoms with van der Waals surface area (Å²) in [5.74, 6) is 0.169. The molecule has 0 bridgehead atoms. The monoisotopic (exact) mass is 352 g/mol. The second-order valence-electron chi connectivity index (χ2n) is 3.49. The lowest BCUT2D eigenvalue weighted by Crippen LogP contribution is -2.28. The summed E-state index contributed by atoms with van der Waals surface area (Å²) < 4.78 is 14.4. The molecule has 0 amide bonds. The summed E-state index contributed by atoms with van der Waals surface area (Å²) in [6, 6.07) is 1.45. The van der Waals surface area contributed by atoms with Crippen molar-refractivity contribution in [2.75, 3.05) is 23.3 Å². The maximum atomic E-state index is 13.7. The maximum Gasteiger partial charge on any atom is 0.166 e. The molecule has 16 heavy (non-hydrogen) atoms. The van der Waals surface area contributed by atoms with E-state index in [1.54, 1.807) is 6.20 Å². The van der Waals surface area contributed by atoms with Crippen molar-refractivity contribution in [2.45, 2.75) is 19.8 Å². The summed E-state index contributed by atoms with van der Waals surface area (Å²) in [4.78, 5) is 6.11. The number of rotatable bonds is 6. The summed E-state index contributed by atoms with van der Waals surface area (Å²) in [7, 11) is 0. The molecular weight excluding hydrogens is 339 g/mol. The largest absolute Gasteiger partial charge is 0.353 e.